The second-order valence-corrected chi connectivity index (χ2v) is 7.16. The molecular formula is C21H23F2N3O3. The average Bonchev–Trinajstić information content (AvgIpc) is 3.08. The highest BCUT2D eigenvalue weighted by atomic mass is 19.2. The van der Waals surface area contributed by atoms with Crippen LogP contribution < -0.4 is 19.7 Å². The zero-order chi connectivity index (χ0) is 20.4. The van der Waals surface area contributed by atoms with Crippen molar-refractivity contribution in [1.29, 1.82) is 0 Å². The second-order valence-electron chi connectivity index (χ2n) is 7.16. The van der Waals surface area contributed by atoms with E-state index in [4.69, 9.17) is 9.47 Å². The molecule has 0 unspecified atom stereocenters. The highest BCUT2D eigenvalue weighted by molar-refractivity contribution is 5.65. The number of halogens is 2. The molecule has 0 amide bonds. The van der Waals surface area contributed by atoms with Crippen molar-refractivity contribution in [2.75, 3.05) is 49.5 Å². The lowest BCUT2D eigenvalue weighted by atomic mass is 10.2. The Balaban J connectivity index is 1.23. The number of hydrogen-bond donors (Lipinski definition) is 2. The van der Waals surface area contributed by atoms with Crippen LogP contribution in [0.3, 0.4) is 0 Å². The van der Waals surface area contributed by atoms with Gasteiger partial charge >= 0.3 is 0 Å². The maximum absolute atomic E-state index is 13.4. The summed E-state index contributed by atoms with van der Waals surface area (Å²) in [4.78, 5) is 4.14. The Labute approximate surface area is 167 Å². The molecule has 0 radical (unpaired) electrons. The van der Waals surface area contributed by atoms with E-state index < -0.39 is 17.7 Å². The van der Waals surface area contributed by atoms with Gasteiger partial charge in [-0.15, -0.1) is 0 Å². The highest BCUT2D eigenvalue weighted by Crippen LogP contribution is 2.35. The molecule has 6 nitrogen and oxygen atoms in total. The van der Waals surface area contributed by atoms with Crippen LogP contribution in [-0.2, 0) is 0 Å². The van der Waals surface area contributed by atoms with Gasteiger partial charge in [0.05, 0.1) is 5.69 Å². The molecule has 0 spiro atoms. The van der Waals surface area contributed by atoms with Gasteiger partial charge in [0.25, 0.3) is 0 Å². The molecule has 4 rings (SSSR count). The monoisotopic (exact) mass is 403 g/mol. The number of hydrogen-bond acceptors (Lipinski definition) is 6. The molecule has 2 aromatic rings. The largest absolute Gasteiger partial charge is 0.491 e. The van der Waals surface area contributed by atoms with E-state index in [1.807, 2.05) is 11.0 Å². The normalized spacial score (nSPS) is 17.5. The molecule has 0 saturated carbocycles. The summed E-state index contributed by atoms with van der Waals surface area (Å²) in [6.45, 7) is 7.15. The first kappa shape index (κ1) is 19.5. The van der Waals surface area contributed by atoms with Crippen molar-refractivity contribution >= 4 is 11.4 Å². The minimum Gasteiger partial charge on any atom is -0.491 e. The summed E-state index contributed by atoms with van der Waals surface area (Å²) in [6, 6.07) is 9.36. The molecule has 0 aromatic heterocycles. The van der Waals surface area contributed by atoms with E-state index in [2.05, 4.69) is 16.8 Å². The number of nitrogens with one attached hydrogen (secondary N) is 1. The van der Waals surface area contributed by atoms with E-state index in [1.54, 1.807) is 18.2 Å². The first-order chi connectivity index (χ1) is 14.0. The lowest BCUT2D eigenvalue weighted by Crippen LogP contribution is -2.49. The van der Waals surface area contributed by atoms with Crippen LogP contribution in [0, 0.1) is 11.6 Å². The summed E-state index contributed by atoms with van der Waals surface area (Å²) < 4.78 is 37.6. The van der Waals surface area contributed by atoms with Crippen LogP contribution in [0.4, 0.5) is 20.2 Å². The van der Waals surface area contributed by atoms with Gasteiger partial charge in [-0.1, -0.05) is 0 Å². The van der Waals surface area contributed by atoms with E-state index >= 15 is 0 Å². The van der Waals surface area contributed by atoms with Crippen molar-refractivity contribution in [2.45, 2.75) is 6.10 Å². The maximum atomic E-state index is 13.4. The van der Waals surface area contributed by atoms with Gasteiger partial charge in [0.1, 0.15) is 18.5 Å². The molecule has 2 aromatic carbocycles. The van der Waals surface area contributed by atoms with Crippen LogP contribution in [0.25, 0.3) is 0 Å². The van der Waals surface area contributed by atoms with E-state index in [0.717, 1.165) is 24.8 Å². The number of β-amino-alcohol motifs (C(OH)–C–C–N with tert-alkyl or cyclic N) is 1. The molecule has 1 saturated heterocycles. The van der Waals surface area contributed by atoms with Gasteiger partial charge in [0, 0.05) is 50.5 Å². The Bertz CT molecular complexity index is 901. The highest BCUT2D eigenvalue weighted by Gasteiger charge is 2.21. The molecule has 8 heteroatoms. The van der Waals surface area contributed by atoms with Crippen molar-refractivity contribution in [3.8, 4) is 11.5 Å². The zero-order valence-electron chi connectivity index (χ0n) is 15.9. The fourth-order valence-electron chi connectivity index (χ4n) is 3.50. The summed E-state index contributed by atoms with van der Waals surface area (Å²) in [5, 5.41) is 13.3. The van der Waals surface area contributed by atoms with Crippen molar-refractivity contribution < 1.29 is 23.4 Å². The van der Waals surface area contributed by atoms with E-state index in [1.165, 1.54) is 6.07 Å². The third-order valence-electron chi connectivity index (χ3n) is 5.01. The fourth-order valence-corrected chi connectivity index (χ4v) is 3.50. The zero-order valence-corrected chi connectivity index (χ0v) is 15.9. The molecular weight excluding hydrogens is 380 g/mol. The Morgan fingerprint density at radius 1 is 1.10 bits per heavy atom. The number of nitrogens with zero attached hydrogens (tertiary/aromatic N) is 2. The maximum Gasteiger partial charge on any atom is 0.190 e. The van der Waals surface area contributed by atoms with E-state index in [9.17, 15) is 13.9 Å². The Morgan fingerprint density at radius 3 is 2.66 bits per heavy atom. The number of aliphatic hydroxyl groups is 1. The van der Waals surface area contributed by atoms with Gasteiger partial charge in [0.2, 0.25) is 0 Å². The third kappa shape index (κ3) is 4.60. The topological polar surface area (TPSA) is 57.2 Å². The summed E-state index contributed by atoms with van der Waals surface area (Å²) >= 11 is 0. The number of piperazine rings is 1. The van der Waals surface area contributed by atoms with Crippen molar-refractivity contribution in [3.63, 3.8) is 0 Å². The molecule has 29 heavy (non-hydrogen) atoms. The predicted octanol–water partition coefficient (Wildman–Crippen LogP) is 2.80. The average molecular weight is 403 g/mol. The first-order valence-electron chi connectivity index (χ1n) is 9.49. The Morgan fingerprint density at radius 2 is 1.90 bits per heavy atom. The molecule has 0 bridgehead atoms. The van der Waals surface area contributed by atoms with Gasteiger partial charge in [-0.2, -0.15) is 0 Å². The molecule has 1 fully saturated rings. The third-order valence-corrected chi connectivity index (χ3v) is 5.01. The van der Waals surface area contributed by atoms with Crippen LogP contribution in [0.5, 0.6) is 11.5 Å². The lowest BCUT2D eigenvalue weighted by Gasteiger charge is -2.36. The number of aliphatic hydroxyl groups excluding tert-OH is 1. The first-order valence-corrected chi connectivity index (χ1v) is 9.49. The molecule has 2 aliphatic rings. The van der Waals surface area contributed by atoms with Gasteiger partial charge in [-0.05, 0) is 30.8 Å². The Hall–Kier alpha value is -2.84. The molecule has 2 heterocycles. The number of rotatable bonds is 6. The summed E-state index contributed by atoms with van der Waals surface area (Å²) in [7, 11) is 0. The molecule has 1 atom stereocenters. The van der Waals surface area contributed by atoms with Gasteiger partial charge in [-0.25, -0.2) is 8.78 Å². The van der Waals surface area contributed by atoms with Crippen molar-refractivity contribution in [1.82, 2.24) is 4.90 Å². The molecule has 0 aliphatic carbocycles. The van der Waals surface area contributed by atoms with Crippen molar-refractivity contribution in [3.05, 3.63) is 60.5 Å². The van der Waals surface area contributed by atoms with Crippen LogP contribution in [0.1, 0.15) is 0 Å². The van der Waals surface area contributed by atoms with Gasteiger partial charge < -0.3 is 24.8 Å². The number of anilines is 2. The van der Waals surface area contributed by atoms with Crippen LogP contribution in [0.2, 0.25) is 0 Å². The standard InChI is InChI=1S/C21H23F2N3O3/c1-14-24-20-5-3-17(11-21(20)29-14)28-13-16(27)12-25-6-8-26(9-7-25)15-2-4-18(22)19(23)10-15/h2-5,10-11,16,24,27H,1,6-9,12-13H2/t16-/m0/s1. The second kappa shape index (κ2) is 8.26. The van der Waals surface area contributed by atoms with E-state index in [-0.39, 0.29) is 6.61 Å². The summed E-state index contributed by atoms with van der Waals surface area (Å²) in [6.07, 6.45) is -0.646. The Kier molecular flexibility index (Phi) is 5.55. The summed E-state index contributed by atoms with van der Waals surface area (Å²) in [5.74, 6) is 0.0543. The van der Waals surface area contributed by atoms with E-state index in [0.29, 0.717) is 42.7 Å². The molecule has 154 valence electrons. The van der Waals surface area contributed by atoms with Crippen LogP contribution >= 0.6 is 0 Å². The predicted molar refractivity (Wildman–Crippen MR) is 106 cm³/mol. The minimum atomic E-state index is -0.841. The fraction of sp³-hybridized carbons (Fsp3) is 0.333. The van der Waals surface area contributed by atoms with Crippen LogP contribution in [0.15, 0.2) is 48.9 Å². The molecule has 2 aliphatic heterocycles. The molecule has 2 N–H and O–H groups in total. The van der Waals surface area contributed by atoms with Crippen LogP contribution in [-0.4, -0.2) is 55.4 Å². The minimum absolute atomic E-state index is 0.163. The quantitative estimate of drug-likeness (QED) is 0.774. The number of ether oxygens (including phenoxy) is 2. The lowest BCUT2D eigenvalue weighted by molar-refractivity contribution is 0.0662. The summed E-state index contributed by atoms with van der Waals surface area (Å²) in [5.41, 5.74) is 1.50. The SMILES string of the molecule is C=C1Nc2ccc(OC[C@@H](O)CN3CCN(c4ccc(F)c(F)c4)CC3)cc2O1. The van der Waals surface area contributed by atoms with Crippen molar-refractivity contribution in [2.24, 2.45) is 0 Å². The number of fused-ring (bicyclic) bond motifs is 1. The van der Waals surface area contributed by atoms with Gasteiger partial charge in [-0.3, -0.25) is 4.90 Å². The van der Waals surface area contributed by atoms with Gasteiger partial charge in [0.15, 0.2) is 23.3 Å². The number of benzene rings is 2. The smallest absolute Gasteiger partial charge is 0.190 e.